The van der Waals surface area contributed by atoms with Crippen molar-refractivity contribution in [2.75, 3.05) is 65.4 Å². The third-order valence-corrected chi connectivity index (χ3v) is 7.84. The van der Waals surface area contributed by atoms with Crippen LogP contribution in [0.3, 0.4) is 0 Å². The van der Waals surface area contributed by atoms with Gasteiger partial charge in [-0.3, -0.25) is 14.5 Å². The van der Waals surface area contributed by atoms with Crippen molar-refractivity contribution in [3.05, 3.63) is 42.5 Å². The summed E-state index contributed by atoms with van der Waals surface area (Å²) in [6, 6.07) is -0.637. The Morgan fingerprint density at radius 2 is 1.45 bits per heavy atom. The lowest BCUT2D eigenvalue weighted by molar-refractivity contribution is -0.129. The molecule has 1 aliphatic rings. The van der Waals surface area contributed by atoms with Gasteiger partial charge in [-0.15, -0.1) is 0 Å². The first-order chi connectivity index (χ1) is 21.7. The molecule has 0 radical (unpaired) electrons. The molecule has 250 valence electrons. The standard InChI is InChI=1S/C34H62N8O2/c1-2-3-4-5-6-7-8-9-10-11-12-13-14-15-16-17-18-39-34(44)32(27-31-28-38-30-40-31)41-33(43)29-42-25-23-36-21-19-35-20-22-37-24-26-42/h6-7,9-10,28,30,32,35-37H,2-5,8,11-27,29H2,1H3,(H,38,40)(H,39,44)(H,41,43)/b7-6-,10-9-/t32-/m0/s1. The normalized spacial score (nSPS) is 16.5. The number of hydrogen-bond donors (Lipinski definition) is 6. The minimum atomic E-state index is -0.637. The van der Waals surface area contributed by atoms with Crippen LogP contribution < -0.4 is 26.6 Å². The zero-order valence-electron chi connectivity index (χ0n) is 27.5. The van der Waals surface area contributed by atoms with Crippen LogP contribution in [0, 0.1) is 0 Å². The number of carbonyl (C=O) groups excluding carboxylic acids is 2. The van der Waals surface area contributed by atoms with Crippen LogP contribution >= 0.6 is 0 Å². The van der Waals surface area contributed by atoms with Gasteiger partial charge in [-0.2, -0.15) is 0 Å². The first kappa shape index (κ1) is 37.7. The summed E-state index contributed by atoms with van der Waals surface area (Å²) in [7, 11) is 0. The summed E-state index contributed by atoms with van der Waals surface area (Å²) in [5, 5.41) is 16.3. The van der Waals surface area contributed by atoms with Crippen molar-refractivity contribution < 1.29 is 9.59 Å². The number of nitrogens with one attached hydrogen (secondary N) is 6. The molecule has 0 bridgehead atoms. The van der Waals surface area contributed by atoms with E-state index in [1.54, 1.807) is 12.5 Å². The number of H-pyrrole nitrogens is 1. The van der Waals surface area contributed by atoms with Gasteiger partial charge in [0.2, 0.25) is 11.8 Å². The highest BCUT2D eigenvalue weighted by Crippen LogP contribution is 2.08. The van der Waals surface area contributed by atoms with E-state index in [0.29, 0.717) is 13.0 Å². The molecule has 1 aromatic rings. The average Bonchev–Trinajstić information content (AvgIpc) is 3.53. The summed E-state index contributed by atoms with van der Waals surface area (Å²) in [6.07, 6.45) is 27.2. The Morgan fingerprint density at radius 3 is 2.09 bits per heavy atom. The number of aromatic amines is 1. The maximum atomic E-state index is 13.1. The maximum Gasteiger partial charge on any atom is 0.242 e. The van der Waals surface area contributed by atoms with Crippen LogP contribution in [0.2, 0.25) is 0 Å². The lowest BCUT2D eigenvalue weighted by atomic mass is 10.1. The van der Waals surface area contributed by atoms with Crippen LogP contribution in [-0.2, 0) is 16.0 Å². The molecule has 1 aliphatic heterocycles. The number of allylic oxidation sites excluding steroid dienone is 4. The van der Waals surface area contributed by atoms with E-state index in [4.69, 9.17) is 0 Å². The van der Waals surface area contributed by atoms with Crippen molar-refractivity contribution in [1.29, 1.82) is 0 Å². The molecule has 0 spiro atoms. The van der Waals surface area contributed by atoms with E-state index >= 15 is 0 Å². The molecule has 10 nitrogen and oxygen atoms in total. The molecule has 1 atom stereocenters. The maximum absolute atomic E-state index is 13.1. The van der Waals surface area contributed by atoms with Gasteiger partial charge < -0.3 is 31.6 Å². The average molecular weight is 615 g/mol. The summed E-state index contributed by atoms with van der Waals surface area (Å²) < 4.78 is 0. The van der Waals surface area contributed by atoms with E-state index in [9.17, 15) is 9.59 Å². The first-order valence-electron chi connectivity index (χ1n) is 17.4. The summed E-state index contributed by atoms with van der Waals surface area (Å²) in [5.41, 5.74) is 0.826. The second-order valence-corrected chi connectivity index (χ2v) is 11.8. The fourth-order valence-corrected chi connectivity index (χ4v) is 5.19. The molecule has 1 saturated heterocycles. The lowest BCUT2D eigenvalue weighted by Gasteiger charge is -2.25. The Morgan fingerprint density at radius 1 is 0.841 bits per heavy atom. The predicted octanol–water partition coefficient (Wildman–Crippen LogP) is 3.45. The van der Waals surface area contributed by atoms with Crippen LogP contribution in [0.25, 0.3) is 0 Å². The van der Waals surface area contributed by atoms with Gasteiger partial charge in [-0.05, 0) is 38.5 Å². The molecular weight excluding hydrogens is 552 g/mol. The molecule has 10 heteroatoms. The number of nitrogens with zero attached hydrogens (tertiary/aromatic N) is 2. The Kier molecular flexibility index (Phi) is 23.0. The number of imidazole rings is 1. The highest BCUT2D eigenvalue weighted by Gasteiger charge is 2.22. The number of aromatic nitrogens is 2. The Bertz CT molecular complexity index is 878. The van der Waals surface area contributed by atoms with E-state index in [2.05, 4.69) is 72.7 Å². The second kappa shape index (κ2) is 26.8. The number of amides is 2. The largest absolute Gasteiger partial charge is 0.354 e. The molecule has 0 aliphatic carbocycles. The molecule has 44 heavy (non-hydrogen) atoms. The number of carbonyl (C=O) groups is 2. The van der Waals surface area contributed by atoms with Crippen molar-refractivity contribution >= 4 is 11.8 Å². The van der Waals surface area contributed by atoms with E-state index < -0.39 is 6.04 Å². The SMILES string of the molecule is CCCCC/C=C\C/C=C\CCCCCCCCNC(=O)[C@H](Cc1cnc[nH]1)NC(=O)CN1CCNCCNCCNCC1. The van der Waals surface area contributed by atoms with Crippen LogP contribution in [0.5, 0.6) is 0 Å². The van der Waals surface area contributed by atoms with Gasteiger partial charge >= 0.3 is 0 Å². The van der Waals surface area contributed by atoms with Crippen LogP contribution in [0.1, 0.15) is 89.7 Å². The third kappa shape index (κ3) is 20.4. The summed E-state index contributed by atoms with van der Waals surface area (Å²) in [5.74, 6) is -0.271. The zero-order valence-corrected chi connectivity index (χ0v) is 27.5. The fourth-order valence-electron chi connectivity index (χ4n) is 5.19. The van der Waals surface area contributed by atoms with Crippen LogP contribution in [0.15, 0.2) is 36.8 Å². The minimum absolute atomic E-state index is 0.132. The molecule has 1 aromatic heterocycles. The van der Waals surface area contributed by atoms with Crippen molar-refractivity contribution in [1.82, 2.24) is 41.5 Å². The molecular formula is C34H62N8O2. The van der Waals surface area contributed by atoms with Crippen molar-refractivity contribution in [3.8, 4) is 0 Å². The molecule has 0 unspecified atom stereocenters. The van der Waals surface area contributed by atoms with Gasteiger partial charge in [-0.1, -0.05) is 69.8 Å². The second-order valence-electron chi connectivity index (χ2n) is 11.8. The quantitative estimate of drug-likeness (QED) is 0.0926. The fraction of sp³-hybridized carbons (Fsp3) is 0.735. The highest BCUT2D eigenvalue weighted by atomic mass is 16.2. The molecule has 0 aromatic carbocycles. The Labute approximate surface area is 267 Å². The molecule has 0 saturated carbocycles. The molecule has 6 N–H and O–H groups in total. The topological polar surface area (TPSA) is 126 Å². The number of rotatable bonds is 21. The molecule has 1 fully saturated rings. The van der Waals surface area contributed by atoms with Crippen molar-refractivity contribution in [2.24, 2.45) is 0 Å². The van der Waals surface area contributed by atoms with E-state index in [1.807, 2.05) is 0 Å². The third-order valence-electron chi connectivity index (χ3n) is 7.84. The Hall–Kier alpha value is -2.53. The first-order valence-corrected chi connectivity index (χ1v) is 17.4. The summed E-state index contributed by atoms with van der Waals surface area (Å²) >= 11 is 0. The van der Waals surface area contributed by atoms with Gasteiger partial charge in [0.05, 0.1) is 12.9 Å². The van der Waals surface area contributed by atoms with Gasteiger partial charge in [0.1, 0.15) is 6.04 Å². The predicted molar refractivity (Wildman–Crippen MR) is 182 cm³/mol. The molecule has 2 heterocycles. The van der Waals surface area contributed by atoms with Crippen LogP contribution in [-0.4, -0.2) is 98.2 Å². The van der Waals surface area contributed by atoms with Gasteiger partial charge in [0.15, 0.2) is 0 Å². The highest BCUT2D eigenvalue weighted by molar-refractivity contribution is 5.88. The monoisotopic (exact) mass is 614 g/mol. The van der Waals surface area contributed by atoms with E-state index in [0.717, 1.165) is 83.7 Å². The number of hydrogen-bond acceptors (Lipinski definition) is 7. The smallest absolute Gasteiger partial charge is 0.242 e. The van der Waals surface area contributed by atoms with Crippen molar-refractivity contribution in [3.63, 3.8) is 0 Å². The summed E-state index contributed by atoms with van der Waals surface area (Å²) in [4.78, 5) is 35.4. The van der Waals surface area contributed by atoms with Crippen LogP contribution in [0.4, 0.5) is 0 Å². The van der Waals surface area contributed by atoms with Crippen molar-refractivity contribution in [2.45, 2.75) is 96.4 Å². The number of unbranched alkanes of at least 4 members (excludes halogenated alkanes) is 9. The summed E-state index contributed by atoms with van der Waals surface area (Å²) in [6.45, 7) is 10.0. The Balaban J connectivity index is 1.62. The molecule has 2 amide bonds. The van der Waals surface area contributed by atoms with E-state index in [-0.39, 0.29) is 18.4 Å². The van der Waals surface area contributed by atoms with Gasteiger partial charge in [-0.25, -0.2) is 4.98 Å². The van der Waals surface area contributed by atoms with Gasteiger partial charge in [0, 0.05) is 77.2 Å². The van der Waals surface area contributed by atoms with Gasteiger partial charge in [0.25, 0.3) is 0 Å². The lowest BCUT2D eigenvalue weighted by Crippen LogP contribution is -2.52. The van der Waals surface area contributed by atoms with E-state index in [1.165, 1.54) is 51.4 Å². The minimum Gasteiger partial charge on any atom is -0.354 e. The molecule has 2 rings (SSSR count). The zero-order chi connectivity index (χ0) is 31.3.